The molecule has 2 aliphatic rings. The zero-order valence-corrected chi connectivity index (χ0v) is 41.2. The van der Waals surface area contributed by atoms with Gasteiger partial charge in [-0.1, -0.05) is 218 Å². The van der Waals surface area contributed by atoms with Gasteiger partial charge in [-0.25, -0.2) is 24.9 Å². The predicted molar refractivity (Wildman–Crippen MR) is 306 cm³/mol. The topological polar surface area (TPSA) is 67.7 Å². The molecule has 0 saturated carbocycles. The summed E-state index contributed by atoms with van der Waals surface area (Å²) in [4.78, 5) is 29.4. The number of thiophene rings is 1. The van der Waals surface area contributed by atoms with Crippen molar-refractivity contribution in [3.05, 3.63) is 277 Å². The van der Waals surface area contributed by atoms with Crippen molar-refractivity contribution in [3.8, 4) is 79.1 Å². The van der Waals surface area contributed by atoms with E-state index in [0.717, 1.165) is 88.4 Å². The Morgan fingerprint density at radius 2 is 0.840 bits per heavy atom. The largest absolute Gasteiger partial charge is 0.310 e. The van der Waals surface area contributed by atoms with Crippen molar-refractivity contribution in [2.45, 2.75) is 5.41 Å². The van der Waals surface area contributed by atoms with E-state index < -0.39 is 5.41 Å². The van der Waals surface area contributed by atoms with Crippen LogP contribution < -0.4 is 4.90 Å². The van der Waals surface area contributed by atoms with E-state index in [-0.39, 0.29) is 0 Å². The van der Waals surface area contributed by atoms with E-state index in [0.29, 0.717) is 23.3 Å². The molecule has 0 bridgehead atoms. The highest BCUT2D eigenvalue weighted by Gasteiger charge is 2.52. The van der Waals surface area contributed by atoms with Crippen LogP contribution in [0.1, 0.15) is 22.3 Å². The third-order valence-corrected chi connectivity index (χ3v) is 16.1. The van der Waals surface area contributed by atoms with E-state index in [1.807, 2.05) is 36.4 Å². The summed E-state index contributed by atoms with van der Waals surface area (Å²) in [6, 6.07) is 90.4. The molecule has 0 amide bonds. The Bertz CT molecular complexity index is 4240. The summed E-state index contributed by atoms with van der Waals surface area (Å²) in [6.45, 7) is 0. The van der Waals surface area contributed by atoms with E-state index >= 15 is 0 Å². The number of aromatic nitrogens is 5. The number of hydrogen-bond acceptors (Lipinski definition) is 7. The Balaban J connectivity index is 1.01. The lowest BCUT2D eigenvalue weighted by Crippen LogP contribution is -2.36. The average molecular weight is 975 g/mol. The number of para-hydroxylation sites is 3. The smallest absolute Gasteiger partial charge is 0.164 e. The van der Waals surface area contributed by atoms with Gasteiger partial charge in [-0.15, -0.1) is 11.3 Å². The van der Waals surface area contributed by atoms with Gasteiger partial charge in [0.2, 0.25) is 0 Å². The molecule has 1 spiro atoms. The standard InChI is InChI=1S/C68H42N6S/c1-5-20-43(21-6-1)44-36-38-45(39-37-44)61-63-62(50-28-13-18-35-59(50)75-63)70-66(69-61)48-40-41-53-52(42-48)60-51(67-72-64(46-22-7-2-8-23-46)71-65(73-67)47-24-9-3-10-25-47)29-19-32-56(60)68(53)54-30-14-16-33-57(54)74(49-26-11-4-12-27-49)58-34-17-15-31-55(58)68/h1-42H. The van der Waals surface area contributed by atoms with Crippen LogP contribution in [-0.2, 0) is 5.41 Å². The minimum atomic E-state index is -0.741. The number of rotatable bonds is 7. The maximum Gasteiger partial charge on any atom is 0.164 e. The fourth-order valence-electron chi connectivity index (χ4n) is 11.7. The second-order valence-electron chi connectivity index (χ2n) is 19.1. The van der Waals surface area contributed by atoms with Crippen molar-refractivity contribution in [2.24, 2.45) is 0 Å². The fourth-order valence-corrected chi connectivity index (χ4v) is 12.8. The molecule has 1 aliphatic carbocycles. The van der Waals surface area contributed by atoms with Gasteiger partial charge in [-0.05, 0) is 80.9 Å². The first kappa shape index (κ1) is 42.9. The van der Waals surface area contributed by atoms with Crippen molar-refractivity contribution in [1.82, 2.24) is 24.9 Å². The lowest BCUT2D eigenvalue weighted by Gasteiger charge is -2.45. The summed E-state index contributed by atoms with van der Waals surface area (Å²) in [6.07, 6.45) is 0. The van der Waals surface area contributed by atoms with Gasteiger partial charge >= 0.3 is 0 Å². The number of anilines is 3. The zero-order chi connectivity index (χ0) is 49.5. The van der Waals surface area contributed by atoms with Gasteiger partial charge in [-0.3, -0.25) is 0 Å². The third kappa shape index (κ3) is 6.75. The third-order valence-electron chi connectivity index (χ3n) is 15.0. The molecule has 13 aromatic rings. The van der Waals surface area contributed by atoms with Crippen LogP contribution in [-0.4, -0.2) is 24.9 Å². The summed E-state index contributed by atoms with van der Waals surface area (Å²) in [5.41, 5.74) is 18.3. The van der Waals surface area contributed by atoms with Crippen LogP contribution in [0.3, 0.4) is 0 Å². The van der Waals surface area contributed by atoms with Gasteiger partial charge in [0.05, 0.1) is 32.7 Å². The predicted octanol–water partition coefficient (Wildman–Crippen LogP) is 17.2. The van der Waals surface area contributed by atoms with Crippen molar-refractivity contribution < 1.29 is 0 Å². The first-order valence-electron chi connectivity index (χ1n) is 25.2. The van der Waals surface area contributed by atoms with Crippen LogP contribution in [0.5, 0.6) is 0 Å². The van der Waals surface area contributed by atoms with Gasteiger partial charge in [0.15, 0.2) is 23.3 Å². The molecule has 0 radical (unpaired) electrons. The Labute approximate surface area is 437 Å². The number of fused-ring (bicyclic) bond motifs is 12. The van der Waals surface area contributed by atoms with Crippen LogP contribution in [0, 0.1) is 0 Å². The molecule has 0 unspecified atom stereocenters. The molecule has 10 aromatic carbocycles. The van der Waals surface area contributed by atoms with Gasteiger partial charge in [0, 0.05) is 43.6 Å². The molecule has 3 aromatic heterocycles. The van der Waals surface area contributed by atoms with Crippen LogP contribution in [0.25, 0.3) is 99.4 Å². The Morgan fingerprint density at radius 1 is 0.333 bits per heavy atom. The van der Waals surface area contributed by atoms with E-state index in [1.165, 1.54) is 27.0 Å². The highest BCUT2D eigenvalue weighted by atomic mass is 32.1. The molecular formula is C68H42N6S. The fraction of sp³-hybridized carbons (Fsp3) is 0.0147. The minimum Gasteiger partial charge on any atom is -0.310 e. The maximum atomic E-state index is 5.57. The molecule has 0 fully saturated rings. The van der Waals surface area contributed by atoms with Crippen LogP contribution >= 0.6 is 11.3 Å². The van der Waals surface area contributed by atoms with Crippen LogP contribution in [0.4, 0.5) is 17.1 Å². The second kappa shape index (κ2) is 17.2. The molecule has 0 atom stereocenters. The molecule has 1 aliphatic heterocycles. The zero-order valence-electron chi connectivity index (χ0n) is 40.3. The van der Waals surface area contributed by atoms with Crippen LogP contribution in [0.15, 0.2) is 255 Å². The SMILES string of the molecule is c1ccc(-c2ccc(-c3nc(-c4ccc5c(c4)-c4c(-c6nc(-c7ccccc7)nc(-c7ccccc7)n6)cccc4C54c5ccccc5N(c5ccccc5)c5ccccc54)nc4c3sc3ccccc34)cc2)cc1. The summed E-state index contributed by atoms with van der Waals surface area (Å²) >= 11 is 1.75. The van der Waals surface area contributed by atoms with Crippen LogP contribution in [0.2, 0.25) is 0 Å². The second-order valence-corrected chi connectivity index (χ2v) is 20.1. The molecule has 75 heavy (non-hydrogen) atoms. The Kier molecular flexibility index (Phi) is 9.87. The Morgan fingerprint density at radius 3 is 1.51 bits per heavy atom. The van der Waals surface area contributed by atoms with Crippen molar-refractivity contribution in [1.29, 1.82) is 0 Å². The summed E-state index contributed by atoms with van der Waals surface area (Å²) in [7, 11) is 0. The monoisotopic (exact) mass is 974 g/mol. The van der Waals surface area contributed by atoms with E-state index in [1.54, 1.807) is 11.3 Å². The molecule has 350 valence electrons. The van der Waals surface area contributed by atoms with Gasteiger partial charge in [0.25, 0.3) is 0 Å². The first-order valence-corrected chi connectivity index (χ1v) is 26.1. The molecule has 4 heterocycles. The molecule has 0 saturated heterocycles. The average Bonchev–Trinajstić information content (AvgIpc) is 4.06. The lowest BCUT2D eigenvalue weighted by molar-refractivity contribution is 0.752. The normalized spacial score (nSPS) is 12.9. The molecule has 0 N–H and O–H groups in total. The molecule has 6 nitrogen and oxygen atoms in total. The van der Waals surface area contributed by atoms with Crippen molar-refractivity contribution >= 4 is 48.7 Å². The maximum absolute atomic E-state index is 5.57. The minimum absolute atomic E-state index is 0.597. The van der Waals surface area contributed by atoms with Crippen molar-refractivity contribution in [2.75, 3.05) is 4.90 Å². The molecular weight excluding hydrogens is 933 g/mol. The number of benzene rings is 10. The lowest BCUT2D eigenvalue weighted by atomic mass is 9.64. The number of hydrogen-bond donors (Lipinski definition) is 0. The quantitative estimate of drug-likeness (QED) is 0.159. The molecule has 7 heteroatoms. The molecule has 15 rings (SSSR count). The van der Waals surface area contributed by atoms with E-state index in [4.69, 9.17) is 24.9 Å². The first-order chi connectivity index (χ1) is 37.2. The van der Waals surface area contributed by atoms with Gasteiger partial charge < -0.3 is 4.90 Å². The summed E-state index contributed by atoms with van der Waals surface area (Å²) < 4.78 is 2.24. The number of nitrogens with zero attached hydrogens (tertiary/aromatic N) is 6. The summed E-state index contributed by atoms with van der Waals surface area (Å²) in [5, 5.41) is 1.12. The van der Waals surface area contributed by atoms with E-state index in [2.05, 4.69) is 223 Å². The highest BCUT2D eigenvalue weighted by Crippen LogP contribution is 2.65. The Hall–Kier alpha value is -9.69. The highest BCUT2D eigenvalue weighted by molar-refractivity contribution is 7.26. The van der Waals surface area contributed by atoms with Crippen molar-refractivity contribution in [3.63, 3.8) is 0 Å². The summed E-state index contributed by atoms with van der Waals surface area (Å²) in [5.74, 6) is 2.48. The van der Waals surface area contributed by atoms with Gasteiger partial charge in [-0.2, -0.15) is 0 Å². The van der Waals surface area contributed by atoms with E-state index in [9.17, 15) is 0 Å². The van der Waals surface area contributed by atoms with Gasteiger partial charge in [0.1, 0.15) is 0 Å².